The molecular weight excluding hydrogens is 266 g/mol. The van der Waals surface area contributed by atoms with Crippen LogP contribution < -0.4 is 5.32 Å². The fourth-order valence-corrected chi connectivity index (χ4v) is 2.08. The molecule has 1 aromatic rings. The molecule has 114 valence electrons. The highest BCUT2D eigenvalue weighted by Gasteiger charge is 2.27. The molecule has 0 saturated heterocycles. The summed E-state index contributed by atoms with van der Waals surface area (Å²) in [4.78, 5) is 23.7. The van der Waals surface area contributed by atoms with Gasteiger partial charge in [0.25, 0.3) is 5.91 Å². The molecule has 0 heterocycles. The first kappa shape index (κ1) is 15.5. The minimum atomic E-state index is -0.756. The summed E-state index contributed by atoms with van der Waals surface area (Å²) in [6.07, 6.45) is 2.26. The lowest BCUT2D eigenvalue weighted by atomic mass is 10.0. The molecule has 0 aromatic heterocycles. The van der Waals surface area contributed by atoms with E-state index in [1.54, 1.807) is 19.1 Å². The fourth-order valence-electron chi connectivity index (χ4n) is 2.08. The third-order valence-electron chi connectivity index (χ3n) is 3.41. The van der Waals surface area contributed by atoms with Crippen LogP contribution in [0.5, 0.6) is 0 Å². The van der Waals surface area contributed by atoms with E-state index < -0.39 is 12.1 Å². The molecule has 0 spiro atoms. The maximum Gasteiger partial charge on any atom is 0.338 e. The van der Waals surface area contributed by atoms with Crippen LogP contribution in [0.15, 0.2) is 24.3 Å². The topological polar surface area (TPSA) is 55.4 Å². The average Bonchev–Trinajstić information content (AvgIpc) is 3.22. The Morgan fingerprint density at radius 2 is 1.81 bits per heavy atom. The summed E-state index contributed by atoms with van der Waals surface area (Å²) >= 11 is 0. The van der Waals surface area contributed by atoms with Gasteiger partial charge in [0.1, 0.15) is 0 Å². The molecule has 21 heavy (non-hydrogen) atoms. The lowest BCUT2D eigenvalue weighted by Crippen LogP contribution is -2.37. The Labute approximate surface area is 125 Å². The smallest absolute Gasteiger partial charge is 0.338 e. The van der Waals surface area contributed by atoms with E-state index in [-0.39, 0.29) is 11.9 Å². The van der Waals surface area contributed by atoms with Gasteiger partial charge in [0.15, 0.2) is 6.10 Å². The van der Waals surface area contributed by atoms with Crippen molar-refractivity contribution in [2.45, 2.75) is 52.2 Å². The number of carbonyl (C=O) groups excluding carboxylic acids is 2. The van der Waals surface area contributed by atoms with Crippen LogP contribution in [0.2, 0.25) is 0 Å². The van der Waals surface area contributed by atoms with Crippen molar-refractivity contribution in [2.75, 3.05) is 0 Å². The molecule has 1 atom stereocenters. The number of benzene rings is 1. The number of nitrogens with one attached hydrogen (secondary N) is 1. The molecule has 4 nitrogen and oxygen atoms in total. The van der Waals surface area contributed by atoms with Gasteiger partial charge in [-0.1, -0.05) is 26.0 Å². The Balaban J connectivity index is 1.88. The molecule has 1 saturated carbocycles. The first-order chi connectivity index (χ1) is 9.95. The van der Waals surface area contributed by atoms with Gasteiger partial charge in [-0.3, -0.25) is 4.79 Å². The molecule has 2 rings (SSSR count). The van der Waals surface area contributed by atoms with Crippen molar-refractivity contribution in [2.24, 2.45) is 5.92 Å². The van der Waals surface area contributed by atoms with Crippen LogP contribution in [0.4, 0.5) is 0 Å². The number of esters is 1. The Morgan fingerprint density at radius 3 is 2.33 bits per heavy atom. The van der Waals surface area contributed by atoms with Crippen molar-refractivity contribution in [3.8, 4) is 0 Å². The molecule has 1 aliphatic carbocycles. The predicted octanol–water partition coefficient (Wildman–Crippen LogP) is 2.71. The van der Waals surface area contributed by atoms with Gasteiger partial charge in [0.2, 0.25) is 0 Å². The number of rotatable bonds is 6. The van der Waals surface area contributed by atoms with E-state index in [1.807, 2.05) is 12.1 Å². The standard InChI is InChI=1S/C17H23NO3/c1-11(2)10-13-4-6-14(7-5-13)17(20)21-12(3)16(19)18-15-8-9-15/h4-7,11-12,15H,8-10H2,1-3H3,(H,18,19)/t12-/m0/s1. The quantitative estimate of drug-likeness (QED) is 0.819. The molecule has 1 aromatic carbocycles. The zero-order chi connectivity index (χ0) is 15.4. The number of carbonyl (C=O) groups is 2. The van der Waals surface area contributed by atoms with Crippen molar-refractivity contribution >= 4 is 11.9 Å². The Morgan fingerprint density at radius 1 is 1.19 bits per heavy atom. The third-order valence-corrected chi connectivity index (χ3v) is 3.41. The minimum absolute atomic E-state index is 0.220. The SMILES string of the molecule is CC(C)Cc1ccc(C(=O)O[C@@H](C)C(=O)NC2CC2)cc1. The summed E-state index contributed by atoms with van der Waals surface area (Å²) in [5.74, 6) is -0.0965. The van der Waals surface area contributed by atoms with Crippen molar-refractivity contribution in [3.63, 3.8) is 0 Å². The van der Waals surface area contributed by atoms with Gasteiger partial charge < -0.3 is 10.1 Å². The summed E-state index contributed by atoms with van der Waals surface area (Å²) < 4.78 is 5.20. The summed E-state index contributed by atoms with van der Waals surface area (Å²) in [5, 5.41) is 2.82. The van der Waals surface area contributed by atoms with Gasteiger partial charge in [-0.25, -0.2) is 4.79 Å². The molecule has 1 aliphatic rings. The highest BCUT2D eigenvalue weighted by molar-refractivity contribution is 5.92. The largest absolute Gasteiger partial charge is 0.449 e. The summed E-state index contributed by atoms with van der Waals surface area (Å²) in [7, 11) is 0. The Kier molecular flexibility index (Phi) is 4.99. The van der Waals surface area contributed by atoms with Gasteiger partial charge in [-0.15, -0.1) is 0 Å². The van der Waals surface area contributed by atoms with Crippen LogP contribution in [0.3, 0.4) is 0 Å². The first-order valence-corrected chi connectivity index (χ1v) is 7.56. The lowest BCUT2D eigenvalue weighted by molar-refractivity contribution is -0.129. The van der Waals surface area contributed by atoms with E-state index in [0.717, 1.165) is 19.3 Å². The molecule has 4 heteroatoms. The number of ether oxygens (including phenoxy) is 1. The van der Waals surface area contributed by atoms with E-state index in [0.29, 0.717) is 11.5 Å². The van der Waals surface area contributed by atoms with Crippen LogP contribution in [0, 0.1) is 5.92 Å². The van der Waals surface area contributed by atoms with Crippen molar-refractivity contribution < 1.29 is 14.3 Å². The highest BCUT2D eigenvalue weighted by atomic mass is 16.5. The van der Waals surface area contributed by atoms with E-state index in [9.17, 15) is 9.59 Å². The van der Waals surface area contributed by atoms with Crippen LogP contribution in [-0.4, -0.2) is 24.0 Å². The normalized spacial score (nSPS) is 15.6. The zero-order valence-corrected chi connectivity index (χ0v) is 12.9. The van der Waals surface area contributed by atoms with Crippen molar-refractivity contribution in [3.05, 3.63) is 35.4 Å². The minimum Gasteiger partial charge on any atom is -0.449 e. The molecule has 0 bridgehead atoms. The average molecular weight is 289 g/mol. The number of amides is 1. The summed E-state index contributed by atoms with van der Waals surface area (Å²) in [5.41, 5.74) is 1.68. The molecule has 0 unspecified atom stereocenters. The zero-order valence-electron chi connectivity index (χ0n) is 12.9. The van der Waals surface area contributed by atoms with Gasteiger partial charge in [0, 0.05) is 6.04 Å². The van der Waals surface area contributed by atoms with E-state index in [1.165, 1.54) is 5.56 Å². The second kappa shape index (κ2) is 6.74. The molecule has 1 N–H and O–H groups in total. The third kappa shape index (κ3) is 4.88. The first-order valence-electron chi connectivity index (χ1n) is 7.56. The number of hydrogen-bond acceptors (Lipinski definition) is 3. The van der Waals surface area contributed by atoms with Crippen molar-refractivity contribution in [1.82, 2.24) is 5.32 Å². The van der Waals surface area contributed by atoms with E-state index in [2.05, 4.69) is 19.2 Å². The number of hydrogen-bond donors (Lipinski definition) is 1. The van der Waals surface area contributed by atoms with Gasteiger partial charge in [0.05, 0.1) is 5.56 Å². The Hall–Kier alpha value is -1.84. The molecule has 0 aliphatic heterocycles. The Bertz CT molecular complexity index is 503. The molecule has 0 radical (unpaired) electrons. The lowest BCUT2D eigenvalue weighted by Gasteiger charge is -2.13. The summed E-state index contributed by atoms with van der Waals surface area (Å²) in [6.45, 7) is 5.91. The van der Waals surface area contributed by atoms with Crippen molar-refractivity contribution in [1.29, 1.82) is 0 Å². The van der Waals surface area contributed by atoms with E-state index >= 15 is 0 Å². The second-order valence-electron chi connectivity index (χ2n) is 6.13. The van der Waals surface area contributed by atoms with Crippen LogP contribution in [0.25, 0.3) is 0 Å². The maximum atomic E-state index is 12.0. The highest BCUT2D eigenvalue weighted by Crippen LogP contribution is 2.19. The van der Waals surface area contributed by atoms with Crippen LogP contribution >= 0.6 is 0 Å². The molecular formula is C17H23NO3. The predicted molar refractivity (Wildman–Crippen MR) is 81.0 cm³/mol. The maximum absolute atomic E-state index is 12.0. The second-order valence-corrected chi connectivity index (χ2v) is 6.13. The van der Waals surface area contributed by atoms with Gasteiger partial charge in [-0.2, -0.15) is 0 Å². The monoisotopic (exact) mass is 289 g/mol. The van der Waals surface area contributed by atoms with Crippen LogP contribution in [-0.2, 0) is 16.0 Å². The van der Waals surface area contributed by atoms with E-state index in [4.69, 9.17) is 4.74 Å². The van der Waals surface area contributed by atoms with Gasteiger partial charge >= 0.3 is 5.97 Å². The van der Waals surface area contributed by atoms with Gasteiger partial charge in [-0.05, 0) is 49.8 Å². The fraction of sp³-hybridized carbons (Fsp3) is 0.529. The summed E-state index contributed by atoms with van der Waals surface area (Å²) in [6, 6.07) is 7.66. The molecule has 1 amide bonds. The molecule has 1 fully saturated rings. The van der Waals surface area contributed by atoms with Crippen LogP contribution in [0.1, 0.15) is 49.5 Å².